The van der Waals surface area contributed by atoms with Crippen LogP contribution in [0.3, 0.4) is 0 Å². The number of thiazole rings is 2. The van der Waals surface area contributed by atoms with Crippen LogP contribution in [0.4, 0.5) is 5.13 Å². The molecule has 8 heteroatoms. The molecule has 156 valence electrons. The van der Waals surface area contributed by atoms with Gasteiger partial charge in [0.15, 0.2) is 5.13 Å². The molecule has 0 fully saturated rings. The van der Waals surface area contributed by atoms with Crippen molar-refractivity contribution in [2.75, 3.05) is 11.9 Å². The summed E-state index contributed by atoms with van der Waals surface area (Å²) in [6, 6.07) is 16.2. The van der Waals surface area contributed by atoms with Crippen molar-refractivity contribution < 1.29 is 4.79 Å². The monoisotopic (exact) mass is 447 g/mol. The summed E-state index contributed by atoms with van der Waals surface area (Å²) in [5.41, 5.74) is 3.89. The Hall–Kier alpha value is -2.94. The molecule has 0 radical (unpaired) electrons. The van der Waals surface area contributed by atoms with Gasteiger partial charge in [-0.1, -0.05) is 36.4 Å². The zero-order valence-corrected chi connectivity index (χ0v) is 18.7. The van der Waals surface area contributed by atoms with Gasteiger partial charge in [-0.2, -0.15) is 0 Å². The maximum Gasteiger partial charge on any atom is 0.269 e. The normalized spacial score (nSPS) is 13.7. The summed E-state index contributed by atoms with van der Waals surface area (Å²) in [5.74, 6) is -0.163. The summed E-state index contributed by atoms with van der Waals surface area (Å²) in [6.07, 6.45) is 2.63. The van der Waals surface area contributed by atoms with Crippen LogP contribution in [-0.2, 0) is 19.5 Å². The minimum atomic E-state index is -0.163. The highest BCUT2D eigenvalue weighted by molar-refractivity contribution is 7.18. The van der Waals surface area contributed by atoms with Crippen LogP contribution in [0.15, 0.2) is 54.7 Å². The van der Waals surface area contributed by atoms with E-state index in [9.17, 15) is 4.79 Å². The van der Waals surface area contributed by atoms with Crippen LogP contribution in [-0.4, -0.2) is 32.3 Å². The van der Waals surface area contributed by atoms with Gasteiger partial charge >= 0.3 is 0 Å². The third-order valence-corrected chi connectivity index (χ3v) is 7.34. The molecule has 31 heavy (non-hydrogen) atoms. The summed E-state index contributed by atoms with van der Waals surface area (Å²) >= 11 is 2.93. The predicted octanol–water partition coefficient (Wildman–Crippen LogP) is 4.78. The van der Waals surface area contributed by atoms with Crippen LogP contribution in [0.1, 0.15) is 31.5 Å². The Morgan fingerprint density at radius 2 is 1.94 bits per heavy atom. The Balaban J connectivity index is 1.28. The van der Waals surface area contributed by atoms with Crippen LogP contribution in [0.2, 0.25) is 0 Å². The molecular weight excluding hydrogens is 426 g/mol. The molecule has 1 N–H and O–H groups in total. The molecule has 0 unspecified atom stereocenters. The standard InChI is InChI=1S/C23H21N5OS2/c1-15-20(31-22(25-15)18-9-5-6-11-24-18)21(29)27-23-26-17-10-12-28(14-19(17)30-23)13-16-7-3-2-4-8-16/h2-9,11H,10,12-14H2,1H3,(H,26,27,29). The van der Waals surface area contributed by atoms with Crippen molar-refractivity contribution in [2.45, 2.75) is 26.4 Å². The zero-order chi connectivity index (χ0) is 21.2. The van der Waals surface area contributed by atoms with Gasteiger partial charge in [-0.3, -0.25) is 20.0 Å². The fourth-order valence-electron chi connectivity index (χ4n) is 3.64. The Bertz CT molecular complexity index is 1200. The van der Waals surface area contributed by atoms with Crippen molar-refractivity contribution in [2.24, 2.45) is 0 Å². The molecule has 0 saturated heterocycles. The SMILES string of the molecule is Cc1nc(-c2ccccn2)sc1C(=O)Nc1nc2c(s1)CN(Cc1ccccc1)CC2. The van der Waals surface area contributed by atoms with Gasteiger partial charge in [0.05, 0.1) is 17.1 Å². The molecule has 0 spiro atoms. The van der Waals surface area contributed by atoms with Crippen molar-refractivity contribution in [1.82, 2.24) is 19.9 Å². The fraction of sp³-hybridized carbons (Fsp3) is 0.217. The third kappa shape index (κ3) is 4.41. The minimum absolute atomic E-state index is 0.163. The molecule has 1 aromatic carbocycles. The molecule has 1 aliphatic rings. The van der Waals surface area contributed by atoms with Crippen LogP contribution < -0.4 is 5.32 Å². The number of carbonyl (C=O) groups excluding carboxylic acids is 1. The number of fused-ring (bicyclic) bond motifs is 1. The lowest BCUT2D eigenvalue weighted by Crippen LogP contribution is -2.29. The highest BCUT2D eigenvalue weighted by Gasteiger charge is 2.23. The van der Waals surface area contributed by atoms with E-state index in [-0.39, 0.29) is 5.91 Å². The number of pyridine rings is 1. The van der Waals surface area contributed by atoms with Gasteiger partial charge in [0, 0.05) is 37.1 Å². The second kappa shape index (κ2) is 8.66. The zero-order valence-electron chi connectivity index (χ0n) is 17.0. The van der Waals surface area contributed by atoms with Crippen molar-refractivity contribution in [1.29, 1.82) is 0 Å². The molecule has 1 aliphatic heterocycles. The molecule has 0 atom stereocenters. The molecule has 0 aliphatic carbocycles. The molecule has 1 amide bonds. The number of amides is 1. The summed E-state index contributed by atoms with van der Waals surface area (Å²) in [5, 5.41) is 4.39. The summed E-state index contributed by atoms with van der Waals surface area (Å²) < 4.78 is 0. The number of nitrogens with zero attached hydrogens (tertiary/aromatic N) is 4. The van der Waals surface area contributed by atoms with Crippen LogP contribution >= 0.6 is 22.7 Å². The second-order valence-corrected chi connectivity index (χ2v) is 9.52. The van der Waals surface area contributed by atoms with E-state index in [0.29, 0.717) is 15.7 Å². The van der Waals surface area contributed by atoms with Gasteiger partial charge in [-0.25, -0.2) is 9.97 Å². The van der Waals surface area contributed by atoms with Crippen molar-refractivity contribution >= 4 is 33.7 Å². The third-order valence-electron chi connectivity index (χ3n) is 5.17. The summed E-state index contributed by atoms with van der Waals surface area (Å²) in [6.45, 7) is 4.62. The van der Waals surface area contributed by atoms with Crippen molar-refractivity contribution in [3.05, 3.63) is 81.4 Å². The quantitative estimate of drug-likeness (QED) is 0.477. The summed E-state index contributed by atoms with van der Waals surface area (Å²) in [7, 11) is 0. The van der Waals surface area contributed by atoms with Crippen molar-refractivity contribution in [3.8, 4) is 10.7 Å². The lowest BCUT2D eigenvalue weighted by molar-refractivity contribution is 0.103. The molecular formula is C23H21N5OS2. The van der Waals surface area contributed by atoms with E-state index in [2.05, 4.69) is 49.4 Å². The molecule has 0 saturated carbocycles. The molecule has 4 heterocycles. The second-order valence-electron chi connectivity index (χ2n) is 7.44. The number of rotatable bonds is 5. The predicted molar refractivity (Wildman–Crippen MR) is 124 cm³/mol. The average molecular weight is 448 g/mol. The average Bonchev–Trinajstić information content (AvgIpc) is 3.37. The van der Waals surface area contributed by atoms with Gasteiger partial charge in [0.25, 0.3) is 5.91 Å². The molecule has 0 bridgehead atoms. The topological polar surface area (TPSA) is 71.0 Å². The number of anilines is 1. The van der Waals surface area contributed by atoms with Crippen molar-refractivity contribution in [3.63, 3.8) is 0 Å². The minimum Gasteiger partial charge on any atom is -0.297 e. The largest absolute Gasteiger partial charge is 0.297 e. The lowest BCUT2D eigenvalue weighted by atomic mass is 10.1. The van der Waals surface area contributed by atoms with Crippen LogP contribution in [0.25, 0.3) is 10.7 Å². The summed E-state index contributed by atoms with van der Waals surface area (Å²) in [4.78, 5) is 30.7. The smallest absolute Gasteiger partial charge is 0.269 e. The molecule has 6 nitrogen and oxygen atoms in total. The van der Waals surface area contributed by atoms with Crippen LogP contribution in [0.5, 0.6) is 0 Å². The maximum atomic E-state index is 12.9. The van der Waals surface area contributed by atoms with E-state index >= 15 is 0 Å². The number of carbonyl (C=O) groups is 1. The molecule has 4 aromatic rings. The van der Waals surface area contributed by atoms with E-state index in [1.807, 2.05) is 31.2 Å². The highest BCUT2D eigenvalue weighted by Crippen LogP contribution is 2.31. The van der Waals surface area contributed by atoms with E-state index in [1.54, 1.807) is 17.5 Å². The Kier molecular flexibility index (Phi) is 5.59. The van der Waals surface area contributed by atoms with E-state index in [0.717, 1.165) is 42.5 Å². The van der Waals surface area contributed by atoms with E-state index in [4.69, 9.17) is 0 Å². The van der Waals surface area contributed by atoms with E-state index in [1.165, 1.54) is 21.8 Å². The first-order valence-electron chi connectivity index (χ1n) is 10.1. The Morgan fingerprint density at radius 3 is 2.74 bits per heavy atom. The number of aryl methyl sites for hydroxylation is 1. The Morgan fingerprint density at radius 1 is 1.10 bits per heavy atom. The van der Waals surface area contributed by atoms with Gasteiger partial charge < -0.3 is 0 Å². The first-order valence-corrected chi connectivity index (χ1v) is 11.7. The number of hydrogen-bond donors (Lipinski definition) is 1. The van der Waals surface area contributed by atoms with E-state index < -0.39 is 0 Å². The van der Waals surface area contributed by atoms with Gasteiger partial charge in [-0.15, -0.1) is 22.7 Å². The van der Waals surface area contributed by atoms with Gasteiger partial charge in [-0.05, 0) is 24.6 Å². The first-order chi connectivity index (χ1) is 15.2. The molecule has 3 aromatic heterocycles. The molecule has 5 rings (SSSR count). The highest BCUT2D eigenvalue weighted by atomic mass is 32.1. The first kappa shape index (κ1) is 20.0. The number of benzene rings is 1. The van der Waals surface area contributed by atoms with Crippen LogP contribution in [0, 0.1) is 6.92 Å². The van der Waals surface area contributed by atoms with Gasteiger partial charge in [0.1, 0.15) is 9.88 Å². The van der Waals surface area contributed by atoms with Gasteiger partial charge in [0.2, 0.25) is 0 Å². The number of nitrogens with one attached hydrogen (secondary N) is 1. The fourth-order valence-corrected chi connectivity index (χ4v) is 5.62. The Labute approximate surface area is 188 Å². The number of hydrogen-bond acceptors (Lipinski definition) is 7. The maximum absolute atomic E-state index is 12.9. The number of aromatic nitrogens is 3. The lowest BCUT2D eigenvalue weighted by Gasteiger charge is -2.25.